The normalized spacial score (nSPS) is 17.5. The number of thioether (sulfide) groups is 1. The van der Waals surface area contributed by atoms with Crippen molar-refractivity contribution in [1.82, 2.24) is 0 Å². The molecule has 0 fully saturated rings. The molecule has 4 heteroatoms. The number of rotatable bonds is 8. The van der Waals surface area contributed by atoms with Crippen molar-refractivity contribution in [2.75, 3.05) is 11.5 Å². The van der Waals surface area contributed by atoms with Gasteiger partial charge in [0, 0.05) is 0 Å². The van der Waals surface area contributed by atoms with E-state index in [-0.39, 0.29) is 6.04 Å². The van der Waals surface area contributed by atoms with Gasteiger partial charge in [-0.3, -0.25) is 0 Å². The first-order chi connectivity index (χ1) is 10.2. The van der Waals surface area contributed by atoms with Crippen molar-refractivity contribution in [1.29, 1.82) is 0 Å². The monoisotopic (exact) mass is 305 g/mol. The van der Waals surface area contributed by atoms with Crippen molar-refractivity contribution < 1.29 is 4.76 Å². The molecule has 1 aromatic carbocycles. The first kappa shape index (κ1) is 16.2. The number of hydrogen-bond donors (Lipinski definition) is 0. The minimum Gasteiger partial charge on any atom is -0.149 e. The van der Waals surface area contributed by atoms with Crippen LogP contribution in [0.3, 0.4) is 0 Å². The van der Waals surface area contributed by atoms with Gasteiger partial charge in [0.05, 0.1) is 5.56 Å². The minimum atomic E-state index is -0.126. The summed E-state index contributed by atoms with van der Waals surface area (Å²) < 4.78 is 1.08. The summed E-state index contributed by atoms with van der Waals surface area (Å²) in [5, 5.41) is 0. The smallest absolute Gasteiger partial charge is 0.149 e. The number of para-hydroxylation sites is 1. The van der Waals surface area contributed by atoms with Crippen LogP contribution in [0.15, 0.2) is 29.3 Å². The predicted molar refractivity (Wildman–Crippen MR) is 91.7 cm³/mol. The van der Waals surface area contributed by atoms with Crippen molar-refractivity contribution in [2.45, 2.75) is 52.0 Å². The van der Waals surface area contributed by atoms with Crippen molar-refractivity contribution in [3.63, 3.8) is 0 Å². The van der Waals surface area contributed by atoms with Crippen LogP contribution in [-0.4, -0.2) is 22.1 Å². The highest BCUT2D eigenvalue weighted by molar-refractivity contribution is 7.99. The molecule has 0 amide bonds. The van der Waals surface area contributed by atoms with Crippen LogP contribution in [0.4, 0.5) is 5.69 Å². The molecule has 0 N–H and O–H groups in total. The molecule has 0 spiro atoms. The zero-order chi connectivity index (χ0) is 15.1. The lowest BCUT2D eigenvalue weighted by atomic mass is 10.0. The number of fused-ring (bicyclic) bond motifs is 1. The van der Waals surface area contributed by atoms with Gasteiger partial charge in [0.25, 0.3) is 0 Å². The fourth-order valence-electron chi connectivity index (χ4n) is 2.55. The number of nitrogens with zero attached hydrogens (tertiary/aromatic N) is 2. The highest BCUT2D eigenvalue weighted by Crippen LogP contribution is 2.32. The van der Waals surface area contributed by atoms with E-state index in [1.807, 2.05) is 43.0 Å². The van der Waals surface area contributed by atoms with Crippen LogP contribution >= 0.6 is 11.8 Å². The Morgan fingerprint density at radius 3 is 2.76 bits per heavy atom. The highest BCUT2D eigenvalue weighted by atomic mass is 32.2. The molecule has 3 nitrogen and oxygen atoms in total. The molecule has 0 saturated carbocycles. The zero-order valence-corrected chi connectivity index (χ0v) is 13.9. The van der Waals surface area contributed by atoms with Crippen LogP contribution in [0.1, 0.15) is 57.6 Å². The van der Waals surface area contributed by atoms with Gasteiger partial charge in [-0.2, -0.15) is 0 Å². The summed E-state index contributed by atoms with van der Waals surface area (Å²) in [7, 11) is 0. The zero-order valence-electron chi connectivity index (χ0n) is 13.0. The summed E-state index contributed by atoms with van der Waals surface area (Å²) in [6.45, 7) is 4.19. The molecule has 0 aliphatic carbocycles. The Bertz CT molecular complexity index is 513. The van der Waals surface area contributed by atoms with Crippen molar-refractivity contribution in [3.8, 4) is 0 Å². The van der Waals surface area contributed by atoms with Gasteiger partial charge in [-0.15, -0.1) is 11.8 Å². The van der Waals surface area contributed by atoms with Crippen LogP contribution in [0.2, 0.25) is 0 Å². The highest BCUT2D eigenvalue weighted by Gasteiger charge is 2.33. The van der Waals surface area contributed by atoms with Gasteiger partial charge >= 0.3 is 5.84 Å². The molecule has 1 aliphatic rings. The topological polar surface area (TPSA) is 32.4 Å². The molecule has 1 atom stereocenters. The van der Waals surface area contributed by atoms with Crippen LogP contribution in [0.5, 0.6) is 0 Å². The lowest BCUT2D eigenvalue weighted by Crippen LogP contribution is -2.26. The molecular formula is C17H25N2OS+. The Hall–Kier alpha value is -1.16. The molecule has 114 valence electrons. The molecule has 1 unspecified atom stereocenters. The first-order valence-corrected chi connectivity index (χ1v) is 9.10. The summed E-state index contributed by atoms with van der Waals surface area (Å²) in [5.41, 5.74) is 1.98. The quantitative estimate of drug-likeness (QED) is 0.484. The van der Waals surface area contributed by atoms with Gasteiger partial charge < -0.3 is 0 Å². The third kappa shape index (κ3) is 4.40. The van der Waals surface area contributed by atoms with Crippen LogP contribution < -0.4 is 0 Å². The number of unbranched alkanes of at least 4 members (excludes halogenated alkanes) is 4. The van der Waals surface area contributed by atoms with E-state index in [9.17, 15) is 4.91 Å². The van der Waals surface area contributed by atoms with Gasteiger partial charge in [-0.1, -0.05) is 55.7 Å². The summed E-state index contributed by atoms with van der Waals surface area (Å²) in [4.78, 5) is 16.8. The second-order valence-electron chi connectivity index (χ2n) is 5.56. The summed E-state index contributed by atoms with van der Waals surface area (Å²) in [5.74, 6) is 2.50. The van der Waals surface area contributed by atoms with E-state index < -0.39 is 0 Å². The molecule has 1 aliphatic heterocycles. The Labute approximate surface area is 131 Å². The van der Waals surface area contributed by atoms with Crippen LogP contribution in [-0.2, 0) is 0 Å². The largest absolute Gasteiger partial charge is 0.347 e. The van der Waals surface area contributed by atoms with Crippen molar-refractivity contribution in [3.05, 3.63) is 34.7 Å². The number of amidine groups is 1. The summed E-state index contributed by atoms with van der Waals surface area (Å²) >= 11 is 1.83. The molecule has 0 saturated heterocycles. The summed E-state index contributed by atoms with van der Waals surface area (Å²) in [6.07, 6.45) is 6.49. The van der Waals surface area contributed by atoms with Crippen molar-refractivity contribution >= 4 is 23.3 Å². The lowest BCUT2D eigenvalue weighted by Gasteiger charge is -2.13. The predicted octanol–water partition coefficient (Wildman–Crippen LogP) is 5.27. The number of benzene rings is 1. The molecule has 1 aromatic rings. The second-order valence-corrected chi connectivity index (χ2v) is 6.66. The Morgan fingerprint density at radius 2 is 1.95 bits per heavy atom. The third-order valence-corrected chi connectivity index (χ3v) is 4.91. The molecule has 21 heavy (non-hydrogen) atoms. The van der Waals surface area contributed by atoms with E-state index in [1.54, 1.807) is 0 Å². The van der Waals surface area contributed by atoms with E-state index in [2.05, 4.69) is 11.9 Å². The van der Waals surface area contributed by atoms with Gasteiger partial charge in [-0.05, 0) is 34.9 Å². The van der Waals surface area contributed by atoms with Gasteiger partial charge in [0.15, 0.2) is 11.7 Å². The van der Waals surface area contributed by atoms with E-state index in [4.69, 9.17) is 0 Å². The molecule has 2 rings (SSSR count). The number of nitroso groups, excluding NO2 is 1. The molecule has 0 radical (unpaired) electrons. The first-order valence-electron chi connectivity index (χ1n) is 7.94. The maximum absolute atomic E-state index is 12.3. The average Bonchev–Trinajstić information content (AvgIpc) is 2.51. The van der Waals surface area contributed by atoms with E-state index in [0.29, 0.717) is 5.84 Å². The lowest BCUT2D eigenvalue weighted by molar-refractivity contribution is -0.480. The number of hydrogen-bond acceptors (Lipinski definition) is 3. The van der Waals surface area contributed by atoms with E-state index in [1.165, 1.54) is 32.1 Å². The SMILES string of the molecule is CCCCCCCSCC1=Nc2ccccc2C(C)[N+]1=O. The van der Waals surface area contributed by atoms with Gasteiger partial charge in [0.1, 0.15) is 5.75 Å². The number of aliphatic imine (C=N–C) groups is 1. The standard InChI is InChI=1S/C17H25N2OS/c1-3-4-5-6-9-12-21-13-17-18-16-11-8-7-10-15(16)14(2)19(17)20/h7-8,10-11,14H,3-6,9,12-13H2,1-2H3/q+1. The van der Waals surface area contributed by atoms with Gasteiger partial charge in [0.2, 0.25) is 0 Å². The Balaban J connectivity index is 1.83. The average molecular weight is 305 g/mol. The fraction of sp³-hybridized carbons (Fsp3) is 0.588. The van der Waals surface area contributed by atoms with Crippen LogP contribution in [0, 0.1) is 4.91 Å². The Kier molecular flexibility index (Phi) is 6.43. The van der Waals surface area contributed by atoms with E-state index >= 15 is 0 Å². The molecular weight excluding hydrogens is 280 g/mol. The summed E-state index contributed by atoms with van der Waals surface area (Å²) in [6, 6.07) is 7.81. The maximum atomic E-state index is 12.3. The molecule has 0 aromatic heterocycles. The molecule has 0 bridgehead atoms. The third-order valence-electron chi connectivity index (χ3n) is 3.87. The fourth-order valence-corrected chi connectivity index (χ4v) is 3.47. The van der Waals surface area contributed by atoms with E-state index in [0.717, 1.165) is 27.5 Å². The Morgan fingerprint density at radius 1 is 1.19 bits per heavy atom. The minimum absolute atomic E-state index is 0.126. The molecule has 1 heterocycles. The van der Waals surface area contributed by atoms with Crippen LogP contribution in [0.25, 0.3) is 0 Å². The van der Waals surface area contributed by atoms with Crippen molar-refractivity contribution in [2.24, 2.45) is 4.99 Å². The maximum Gasteiger partial charge on any atom is 0.347 e. The van der Waals surface area contributed by atoms with Gasteiger partial charge in [-0.25, -0.2) is 0 Å². The second kappa shape index (κ2) is 8.32.